The summed E-state index contributed by atoms with van der Waals surface area (Å²) in [4.78, 5) is 15.1. The van der Waals surface area contributed by atoms with Crippen LogP contribution >= 0.6 is 15.9 Å². The Hall–Kier alpha value is -2.06. The van der Waals surface area contributed by atoms with Crippen LogP contribution in [-0.2, 0) is 10.9 Å². The maximum Gasteiger partial charge on any atom is 0.673 e. The molecule has 0 heterocycles. The van der Waals surface area contributed by atoms with Crippen LogP contribution in [0.2, 0.25) is 0 Å². The first-order valence-corrected chi connectivity index (χ1v) is 10.4. The second-order valence-electron chi connectivity index (χ2n) is 5.59. The molecule has 0 saturated carbocycles. The van der Waals surface area contributed by atoms with Crippen LogP contribution in [0, 0.1) is 0 Å². The number of Topliss-reactive ketones (excluding diaryl/α,β-unsaturated/α-hetero) is 1. The average Bonchev–Trinajstić information content (AvgIpc) is 2.66. The van der Waals surface area contributed by atoms with Crippen molar-refractivity contribution < 1.29 is 22.1 Å². The summed E-state index contributed by atoms with van der Waals surface area (Å²) in [5.74, 6) is 0.670. The van der Waals surface area contributed by atoms with E-state index in [4.69, 9.17) is 0 Å². The Kier molecular flexibility index (Phi) is 8.32. The fourth-order valence-electron chi connectivity index (χ4n) is 2.32. The van der Waals surface area contributed by atoms with E-state index in [2.05, 4.69) is 40.2 Å². The highest BCUT2D eigenvalue weighted by Gasteiger charge is 2.28. The number of benzene rings is 3. The summed E-state index contributed by atoms with van der Waals surface area (Å²) in [5, 5.41) is 0. The number of ketones is 1. The van der Waals surface area contributed by atoms with Gasteiger partial charge in [0.25, 0.3) is 0 Å². The molecule has 146 valence electrons. The molecular formula is C20H16BBrF4OS. The van der Waals surface area contributed by atoms with E-state index in [-0.39, 0.29) is 16.7 Å². The van der Waals surface area contributed by atoms with Gasteiger partial charge in [0.15, 0.2) is 15.5 Å². The lowest BCUT2D eigenvalue weighted by Gasteiger charge is -2.08. The molecule has 3 rings (SSSR count). The molecule has 0 saturated heterocycles. The van der Waals surface area contributed by atoms with E-state index >= 15 is 0 Å². The molecule has 0 radical (unpaired) electrons. The Bertz CT molecular complexity index is 829. The molecule has 3 aromatic rings. The number of halogens is 5. The summed E-state index contributed by atoms with van der Waals surface area (Å²) in [6.07, 6.45) is 0. The van der Waals surface area contributed by atoms with Gasteiger partial charge in [-0.25, -0.2) is 0 Å². The van der Waals surface area contributed by atoms with E-state index in [1.165, 1.54) is 9.79 Å². The number of hydrogen-bond donors (Lipinski definition) is 0. The van der Waals surface area contributed by atoms with Crippen molar-refractivity contribution in [2.75, 3.05) is 5.75 Å². The van der Waals surface area contributed by atoms with Crippen molar-refractivity contribution >= 4 is 39.9 Å². The van der Waals surface area contributed by atoms with Gasteiger partial charge in [-0.1, -0.05) is 64.5 Å². The lowest BCUT2D eigenvalue weighted by atomic mass is 10.2. The first-order chi connectivity index (χ1) is 13.2. The van der Waals surface area contributed by atoms with Gasteiger partial charge in [0.05, 0.1) is 10.9 Å². The lowest BCUT2D eigenvalue weighted by molar-refractivity contribution is 0.102. The molecule has 0 N–H and O–H groups in total. The Morgan fingerprint density at radius 1 is 0.750 bits per heavy atom. The van der Waals surface area contributed by atoms with E-state index in [0.717, 1.165) is 10.0 Å². The fraction of sp³-hybridized carbons (Fsp3) is 0.0500. The summed E-state index contributed by atoms with van der Waals surface area (Å²) in [7, 11) is -6.25. The van der Waals surface area contributed by atoms with Crippen molar-refractivity contribution in [2.45, 2.75) is 9.79 Å². The molecule has 3 aromatic carbocycles. The monoisotopic (exact) mass is 470 g/mol. The summed E-state index contributed by atoms with van der Waals surface area (Å²) < 4.78 is 40.0. The van der Waals surface area contributed by atoms with Gasteiger partial charge in [-0.05, 0) is 36.4 Å². The second kappa shape index (κ2) is 10.5. The Balaban J connectivity index is 0.000000500. The van der Waals surface area contributed by atoms with Crippen LogP contribution in [0.4, 0.5) is 17.3 Å². The zero-order valence-corrected chi connectivity index (χ0v) is 17.0. The molecule has 0 aliphatic carbocycles. The van der Waals surface area contributed by atoms with Crippen molar-refractivity contribution in [2.24, 2.45) is 0 Å². The van der Waals surface area contributed by atoms with Gasteiger partial charge in [-0.3, -0.25) is 4.79 Å². The van der Waals surface area contributed by atoms with Gasteiger partial charge in [0.1, 0.15) is 0 Å². The molecule has 0 amide bonds. The lowest BCUT2D eigenvalue weighted by Crippen LogP contribution is -2.17. The predicted octanol–water partition coefficient (Wildman–Crippen LogP) is 6.67. The van der Waals surface area contributed by atoms with Crippen molar-refractivity contribution in [1.29, 1.82) is 0 Å². The molecule has 0 aromatic heterocycles. The van der Waals surface area contributed by atoms with E-state index in [1.807, 2.05) is 60.7 Å². The molecule has 0 atom stereocenters. The fourth-order valence-corrected chi connectivity index (χ4v) is 4.59. The van der Waals surface area contributed by atoms with E-state index in [1.54, 1.807) is 0 Å². The molecule has 28 heavy (non-hydrogen) atoms. The zero-order valence-electron chi connectivity index (χ0n) is 14.6. The Labute approximate surface area is 172 Å². The minimum atomic E-state index is -6.00. The highest BCUT2D eigenvalue weighted by molar-refractivity contribution is 9.10. The maximum atomic E-state index is 12.7. The molecule has 0 aliphatic heterocycles. The van der Waals surface area contributed by atoms with Gasteiger partial charge >= 0.3 is 7.25 Å². The smallest absolute Gasteiger partial charge is 0.418 e. The zero-order chi connectivity index (χ0) is 20.6. The molecule has 0 aliphatic rings. The van der Waals surface area contributed by atoms with Crippen molar-refractivity contribution in [3.8, 4) is 0 Å². The topological polar surface area (TPSA) is 17.1 Å². The van der Waals surface area contributed by atoms with Crippen molar-refractivity contribution in [3.63, 3.8) is 0 Å². The third-order valence-corrected chi connectivity index (χ3v) is 6.26. The molecule has 8 heteroatoms. The van der Waals surface area contributed by atoms with Crippen LogP contribution in [0.5, 0.6) is 0 Å². The highest BCUT2D eigenvalue weighted by atomic mass is 79.9. The largest absolute Gasteiger partial charge is 0.673 e. The molecule has 0 spiro atoms. The van der Waals surface area contributed by atoms with Crippen LogP contribution in [0.15, 0.2) is 99.2 Å². The molecule has 1 nitrogen and oxygen atoms in total. The van der Waals surface area contributed by atoms with Gasteiger partial charge in [0, 0.05) is 10.0 Å². The maximum absolute atomic E-state index is 12.7. The number of hydrogen-bond acceptors (Lipinski definition) is 1. The summed E-state index contributed by atoms with van der Waals surface area (Å²) >= 11 is 3.41. The molecular weight excluding hydrogens is 455 g/mol. The van der Waals surface area contributed by atoms with E-state index < -0.39 is 7.25 Å². The van der Waals surface area contributed by atoms with Crippen LogP contribution in [-0.4, -0.2) is 18.8 Å². The first-order valence-electron chi connectivity index (χ1n) is 8.21. The van der Waals surface area contributed by atoms with E-state index in [9.17, 15) is 22.1 Å². The van der Waals surface area contributed by atoms with Crippen LogP contribution in [0.3, 0.4) is 0 Å². The van der Waals surface area contributed by atoms with Crippen LogP contribution in [0.1, 0.15) is 10.4 Å². The number of carbonyl (C=O) groups excluding carboxylic acids is 1. The summed E-state index contributed by atoms with van der Waals surface area (Å²) in [5.41, 5.74) is 0.762. The first kappa shape index (κ1) is 22.2. The quantitative estimate of drug-likeness (QED) is 0.176. The van der Waals surface area contributed by atoms with E-state index in [0.29, 0.717) is 5.75 Å². The summed E-state index contributed by atoms with van der Waals surface area (Å²) in [6, 6.07) is 28.1. The Morgan fingerprint density at radius 2 is 1.14 bits per heavy atom. The SMILES string of the molecule is F[B-](F)(F)F.O=C(C[S+](c1ccccc1)c1ccccc1)c1ccc(Br)cc1. The van der Waals surface area contributed by atoms with Gasteiger partial charge in [0.2, 0.25) is 5.78 Å². The van der Waals surface area contributed by atoms with Crippen LogP contribution < -0.4 is 0 Å². The highest BCUT2D eigenvalue weighted by Crippen LogP contribution is 2.24. The minimum absolute atomic E-state index is 0.175. The van der Waals surface area contributed by atoms with Crippen molar-refractivity contribution in [1.82, 2.24) is 0 Å². The molecule has 0 unspecified atom stereocenters. The predicted molar refractivity (Wildman–Crippen MR) is 110 cm³/mol. The normalized spacial score (nSPS) is 10.9. The third-order valence-electron chi connectivity index (χ3n) is 3.50. The average molecular weight is 471 g/mol. The van der Waals surface area contributed by atoms with Gasteiger partial charge in [-0.2, -0.15) is 0 Å². The number of carbonyl (C=O) groups is 1. The minimum Gasteiger partial charge on any atom is -0.418 e. The van der Waals surface area contributed by atoms with Crippen molar-refractivity contribution in [3.05, 3.63) is 95.0 Å². The van der Waals surface area contributed by atoms with Crippen LogP contribution in [0.25, 0.3) is 0 Å². The summed E-state index contributed by atoms with van der Waals surface area (Å²) in [6.45, 7) is 0. The Morgan fingerprint density at radius 3 is 1.54 bits per heavy atom. The second-order valence-corrected chi connectivity index (χ2v) is 8.51. The molecule has 0 fully saturated rings. The standard InChI is InChI=1S/C20H16BrOS.BF4/c21-17-13-11-16(12-14-17)20(22)15-23(18-7-3-1-4-8-18)19-9-5-2-6-10-19;2-1(3,4)5/h1-14H,15H2;/q+1;-1. The molecule has 0 bridgehead atoms. The van der Waals surface area contributed by atoms with Gasteiger partial charge < -0.3 is 17.3 Å². The third kappa shape index (κ3) is 7.90. The number of rotatable bonds is 5. The van der Waals surface area contributed by atoms with Gasteiger partial charge in [-0.15, -0.1) is 0 Å².